The summed E-state index contributed by atoms with van der Waals surface area (Å²) in [6.45, 7) is 0. The Hall–Kier alpha value is -3.80. The largest absolute Gasteiger partial charge is 0.507 e. The third-order valence-electron chi connectivity index (χ3n) is 4.29. The van der Waals surface area contributed by atoms with Crippen molar-refractivity contribution in [3.8, 4) is 22.6 Å². The highest BCUT2D eigenvalue weighted by molar-refractivity contribution is 7.92. The van der Waals surface area contributed by atoms with E-state index < -0.39 is 61.1 Å². The number of halogens is 4. The topological polar surface area (TPSA) is 124 Å². The number of carboxylic acids is 1. The second-order valence-corrected chi connectivity index (χ2v) is 8.23. The Kier molecular flexibility index (Phi) is 5.75. The summed E-state index contributed by atoms with van der Waals surface area (Å²) in [5, 5.41) is 28.5. The smallest absolute Gasteiger partial charge is 0.416 e. The third kappa shape index (κ3) is 4.75. The van der Waals surface area contributed by atoms with E-state index in [9.17, 15) is 41.0 Å². The van der Waals surface area contributed by atoms with E-state index in [2.05, 4.69) is 0 Å². The monoisotopic (exact) mass is 471 g/mol. The van der Waals surface area contributed by atoms with Crippen LogP contribution in [0.25, 0.3) is 11.1 Å². The van der Waals surface area contributed by atoms with Crippen molar-refractivity contribution < 1.29 is 46.1 Å². The number of hydrogen-bond donors (Lipinski definition) is 4. The van der Waals surface area contributed by atoms with Crippen LogP contribution in [0.5, 0.6) is 11.5 Å². The van der Waals surface area contributed by atoms with E-state index in [0.717, 1.165) is 42.5 Å². The number of carbonyl (C=O) groups is 1. The van der Waals surface area contributed by atoms with Gasteiger partial charge in [0.15, 0.2) is 0 Å². The standard InChI is InChI=1S/C20H13F4NO6S/c21-12-1-4-17(26)16(8-12)10-5-11(20(22,23)24)7-14(6-10)32(30,31)25-13-2-3-15(19(28)29)18(27)9-13/h1-9,25-27H,(H,28,29). The molecule has 0 radical (unpaired) electrons. The molecule has 4 N–H and O–H groups in total. The number of alkyl halides is 3. The number of aromatic hydroxyl groups is 2. The van der Waals surface area contributed by atoms with E-state index in [-0.39, 0.29) is 11.3 Å². The molecule has 32 heavy (non-hydrogen) atoms. The van der Waals surface area contributed by atoms with Gasteiger partial charge in [-0.15, -0.1) is 0 Å². The summed E-state index contributed by atoms with van der Waals surface area (Å²) in [5.41, 5.74) is -2.99. The first kappa shape index (κ1) is 22.9. The number of benzene rings is 3. The molecule has 12 heteroatoms. The number of phenols is 2. The number of phenolic OH excluding ortho intramolecular Hbond substituents is 1. The van der Waals surface area contributed by atoms with E-state index in [0.29, 0.717) is 12.1 Å². The summed E-state index contributed by atoms with van der Waals surface area (Å²) in [5.74, 6) is -3.69. The lowest BCUT2D eigenvalue weighted by Gasteiger charge is -2.15. The molecular weight excluding hydrogens is 458 g/mol. The van der Waals surface area contributed by atoms with Gasteiger partial charge in [0.2, 0.25) is 0 Å². The van der Waals surface area contributed by atoms with Gasteiger partial charge >= 0.3 is 12.1 Å². The van der Waals surface area contributed by atoms with Gasteiger partial charge in [-0.05, 0) is 54.1 Å². The fourth-order valence-corrected chi connectivity index (χ4v) is 3.92. The zero-order chi connectivity index (χ0) is 23.8. The maximum atomic E-state index is 13.6. The molecule has 0 unspecified atom stereocenters. The number of sulfonamides is 1. The minimum atomic E-state index is -4.97. The van der Waals surface area contributed by atoms with Crippen LogP contribution in [0.1, 0.15) is 15.9 Å². The second kappa shape index (κ2) is 8.04. The number of hydrogen-bond acceptors (Lipinski definition) is 5. The zero-order valence-electron chi connectivity index (χ0n) is 15.7. The molecule has 0 atom stereocenters. The van der Waals surface area contributed by atoms with Crippen LogP contribution in [0.4, 0.5) is 23.2 Å². The van der Waals surface area contributed by atoms with E-state index in [4.69, 9.17) is 5.11 Å². The van der Waals surface area contributed by atoms with Gasteiger partial charge in [0.1, 0.15) is 22.9 Å². The Labute approximate surface area is 178 Å². The molecule has 0 aliphatic heterocycles. The molecule has 0 heterocycles. The van der Waals surface area contributed by atoms with Crippen molar-refractivity contribution in [3.05, 3.63) is 71.5 Å². The van der Waals surface area contributed by atoms with Gasteiger partial charge in [0, 0.05) is 11.6 Å². The summed E-state index contributed by atoms with van der Waals surface area (Å²) in [6.07, 6.45) is -4.97. The molecule has 0 spiro atoms. The van der Waals surface area contributed by atoms with Gasteiger partial charge in [-0.2, -0.15) is 13.2 Å². The highest BCUT2D eigenvalue weighted by Gasteiger charge is 2.33. The second-order valence-electron chi connectivity index (χ2n) is 6.55. The first-order valence-corrected chi connectivity index (χ1v) is 10.1. The van der Waals surface area contributed by atoms with Gasteiger partial charge in [-0.3, -0.25) is 4.72 Å². The van der Waals surface area contributed by atoms with Crippen LogP contribution in [0.15, 0.2) is 59.5 Å². The lowest BCUT2D eigenvalue weighted by atomic mass is 10.0. The van der Waals surface area contributed by atoms with Crippen LogP contribution in [-0.2, 0) is 16.2 Å². The molecule has 3 rings (SSSR count). The minimum Gasteiger partial charge on any atom is -0.507 e. The molecule has 0 aromatic heterocycles. The minimum absolute atomic E-state index is 0.319. The first-order chi connectivity index (χ1) is 14.8. The number of carboxylic acid groups (broad SMARTS) is 1. The molecule has 168 valence electrons. The van der Waals surface area contributed by atoms with Gasteiger partial charge in [0.25, 0.3) is 10.0 Å². The van der Waals surface area contributed by atoms with Crippen molar-refractivity contribution in [2.24, 2.45) is 0 Å². The van der Waals surface area contributed by atoms with Crippen molar-refractivity contribution in [2.45, 2.75) is 11.1 Å². The summed E-state index contributed by atoms with van der Waals surface area (Å²) >= 11 is 0. The van der Waals surface area contributed by atoms with Crippen LogP contribution in [0.2, 0.25) is 0 Å². The van der Waals surface area contributed by atoms with Crippen LogP contribution in [-0.4, -0.2) is 29.7 Å². The van der Waals surface area contributed by atoms with Gasteiger partial charge in [-0.25, -0.2) is 17.6 Å². The SMILES string of the molecule is O=C(O)c1ccc(NS(=O)(=O)c2cc(-c3cc(F)ccc3O)cc(C(F)(F)F)c2)cc1O. The molecule has 3 aromatic carbocycles. The van der Waals surface area contributed by atoms with Crippen molar-refractivity contribution in [1.29, 1.82) is 0 Å². The number of nitrogens with one attached hydrogen (secondary N) is 1. The molecule has 0 saturated carbocycles. The molecule has 0 bridgehead atoms. The van der Waals surface area contributed by atoms with Crippen LogP contribution >= 0.6 is 0 Å². The average molecular weight is 471 g/mol. The molecular formula is C20H13F4NO6S. The van der Waals surface area contributed by atoms with Crippen molar-refractivity contribution >= 4 is 21.7 Å². The molecule has 0 saturated heterocycles. The fraction of sp³-hybridized carbons (Fsp3) is 0.0500. The molecule has 7 nitrogen and oxygen atoms in total. The number of rotatable bonds is 5. The molecule has 0 fully saturated rings. The van der Waals surface area contributed by atoms with Crippen LogP contribution in [0.3, 0.4) is 0 Å². The van der Waals surface area contributed by atoms with Gasteiger partial charge < -0.3 is 15.3 Å². The van der Waals surface area contributed by atoms with E-state index in [1.807, 2.05) is 4.72 Å². The van der Waals surface area contributed by atoms with Gasteiger partial charge in [-0.1, -0.05) is 0 Å². The normalized spacial score (nSPS) is 11.9. The Balaban J connectivity index is 2.12. The summed E-state index contributed by atoms with van der Waals surface area (Å²) in [7, 11) is -4.68. The maximum Gasteiger partial charge on any atom is 0.416 e. The number of aromatic carboxylic acids is 1. The molecule has 0 amide bonds. The lowest BCUT2D eigenvalue weighted by molar-refractivity contribution is -0.137. The Morgan fingerprint density at radius 3 is 2.19 bits per heavy atom. The predicted molar refractivity (Wildman–Crippen MR) is 104 cm³/mol. The van der Waals surface area contributed by atoms with E-state index in [1.165, 1.54) is 0 Å². The van der Waals surface area contributed by atoms with E-state index >= 15 is 0 Å². The molecule has 3 aromatic rings. The molecule has 0 aliphatic rings. The highest BCUT2D eigenvalue weighted by atomic mass is 32.2. The average Bonchev–Trinajstić information content (AvgIpc) is 2.68. The zero-order valence-corrected chi connectivity index (χ0v) is 16.5. The number of anilines is 1. The van der Waals surface area contributed by atoms with E-state index in [1.54, 1.807) is 0 Å². The van der Waals surface area contributed by atoms with Gasteiger partial charge in [0.05, 0.1) is 16.1 Å². The third-order valence-corrected chi connectivity index (χ3v) is 5.65. The summed E-state index contributed by atoms with van der Waals surface area (Å²) in [6, 6.07) is 6.89. The quantitative estimate of drug-likeness (QED) is 0.409. The van der Waals surface area contributed by atoms with Crippen molar-refractivity contribution in [1.82, 2.24) is 0 Å². The maximum absolute atomic E-state index is 13.6. The van der Waals surface area contributed by atoms with Crippen LogP contribution < -0.4 is 4.72 Å². The van der Waals surface area contributed by atoms with Crippen molar-refractivity contribution in [3.63, 3.8) is 0 Å². The summed E-state index contributed by atoms with van der Waals surface area (Å²) < 4.78 is 81.2. The molecule has 0 aliphatic carbocycles. The van der Waals surface area contributed by atoms with Crippen molar-refractivity contribution in [2.75, 3.05) is 4.72 Å². The first-order valence-electron chi connectivity index (χ1n) is 8.58. The van der Waals surface area contributed by atoms with Crippen LogP contribution in [0, 0.1) is 5.82 Å². The highest BCUT2D eigenvalue weighted by Crippen LogP contribution is 2.38. The lowest BCUT2D eigenvalue weighted by Crippen LogP contribution is -2.15. The fourth-order valence-electron chi connectivity index (χ4n) is 2.80. The summed E-state index contributed by atoms with van der Waals surface area (Å²) in [4.78, 5) is 10.1. The predicted octanol–water partition coefficient (Wildman–Crippen LogP) is 4.42. The Morgan fingerprint density at radius 2 is 1.59 bits per heavy atom. The Morgan fingerprint density at radius 1 is 0.906 bits per heavy atom. The Bertz CT molecular complexity index is 1320.